The van der Waals surface area contributed by atoms with Crippen molar-refractivity contribution in [2.45, 2.75) is 44.2 Å². The average Bonchev–Trinajstić information content (AvgIpc) is 3.11. The fourth-order valence-electron chi connectivity index (χ4n) is 3.83. The third-order valence-corrected chi connectivity index (χ3v) is 5.39. The predicted molar refractivity (Wildman–Crippen MR) is 97.3 cm³/mol. The molecule has 2 atom stereocenters. The molecule has 3 heterocycles. The van der Waals surface area contributed by atoms with Gasteiger partial charge in [0.05, 0.1) is 29.3 Å². The van der Waals surface area contributed by atoms with E-state index < -0.39 is 0 Å². The summed E-state index contributed by atoms with van der Waals surface area (Å²) in [6.07, 6.45) is 9.89. The Bertz CT molecular complexity index is 942. The molecular weight excluding hydrogens is 326 g/mol. The maximum absolute atomic E-state index is 12.6. The van der Waals surface area contributed by atoms with Gasteiger partial charge in [-0.2, -0.15) is 10.2 Å². The fourth-order valence-corrected chi connectivity index (χ4v) is 3.83. The van der Waals surface area contributed by atoms with Crippen molar-refractivity contribution in [2.75, 3.05) is 0 Å². The van der Waals surface area contributed by atoms with Crippen molar-refractivity contribution < 1.29 is 4.79 Å². The molecule has 1 fully saturated rings. The highest BCUT2D eigenvalue weighted by Gasteiger charge is 2.41. The van der Waals surface area contributed by atoms with Crippen LogP contribution in [0.5, 0.6) is 0 Å². The number of carbonyl (C=O) groups is 1. The lowest BCUT2D eigenvalue weighted by Crippen LogP contribution is -2.27. The quantitative estimate of drug-likeness (QED) is 0.789. The number of nitrogens with one attached hydrogen (secondary N) is 1. The number of aromatic nitrogens is 4. The number of benzene rings is 1. The molecule has 0 saturated heterocycles. The van der Waals surface area contributed by atoms with E-state index in [9.17, 15) is 4.79 Å². The highest BCUT2D eigenvalue weighted by molar-refractivity contribution is 5.95. The van der Waals surface area contributed by atoms with Gasteiger partial charge in [-0.05, 0) is 43.4 Å². The number of rotatable bonds is 4. The standard InChI is InChI=1S/C20H21N5O/c26-20(17-12-22-24-9-5-4-8-19(17)24)23-18-10-16(18)14-11-21-25(13-14)15-6-2-1-3-7-15/h1-3,6-7,11-13,16,18H,4-5,8-10H2,(H,23,26)/t16-,18+/m0/s1. The van der Waals surface area contributed by atoms with E-state index in [0.29, 0.717) is 5.92 Å². The Hall–Kier alpha value is -2.89. The lowest BCUT2D eigenvalue weighted by molar-refractivity contribution is 0.0949. The zero-order valence-electron chi connectivity index (χ0n) is 14.5. The van der Waals surface area contributed by atoms with Gasteiger partial charge in [-0.3, -0.25) is 9.48 Å². The summed E-state index contributed by atoms with van der Waals surface area (Å²) in [5, 5.41) is 12.0. The van der Waals surface area contributed by atoms with E-state index in [-0.39, 0.29) is 11.9 Å². The highest BCUT2D eigenvalue weighted by atomic mass is 16.1. The Balaban J connectivity index is 1.26. The van der Waals surface area contributed by atoms with Gasteiger partial charge in [-0.1, -0.05) is 18.2 Å². The van der Waals surface area contributed by atoms with Crippen molar-refractivity contribution in [3.05, 3.63) is 65.7 Å². The number of carbonyl (C=O) groups excluding carboxylic acids is 1. The van der Waals surface area contributed by atoms with Crippen LogP contribution in [0.4, 0.5) is 0 Å². The molecule has 3 aromatic rings. The van der Waals surface area contributed by atoms with Crippen LogP contribution in [0.2, 0.25) is 0 Å². The minimum Gasteiger partial charge on any atom is -0.349 e. The Morgan fingerprint density at radius 2 is 2.00 bits per heavy atom. The summed E-state index contributed by atoms with van der Waals surface area (Å²) >= 11 is 0. The number of para-hydroxylation sites is 1. The van der Waals surface area contributed by atoms with Gasteiger partial charge in [0.15, 0.2) is 0 Å². The monoisotopic (exact) mass is 347 g/mol. The van der Waals surface area contributed by atoms with Gasteiger partial charge in [-0.25, -0.2) is 4.68 Å². The normalized spacial score (nSPS) is 21.2. The average molecular weight is 347 g/mol. The van der Waals surface area contributed by atoms with Crippen molar-refractivity contribution in [1.82, 2.24) is 24.9 Å². The topological polar surface area (TPSA) is 64.7 Å². The van der Waals surface area contributed by atoms with Crippen LogP contribution in [0.1, 0.15) is 46.8 Å². The van der Waals surface area contributed by atoms with Crippen LogP contribution in [0.3, 0.4) is 0 Å². The van der Waals surface area contributed by atoms with Crippen LogP contribution in [0, 0.1) is 0 Å². The van der Waals surface area contributed by atoms with E-state index in [1.54, 1.807) is 6.20 Å². The molecule has 0 radical (unpaired) electrons. The third kappa shape index (κ3) is 2.71. The van der Waals surface area contributed by atoms with Gasteiger partial charge in [0.1, 0.15) is 0 Å². The molecule has 1 saturated carbocycles. The van der Waals surface area contributed by atoms with Crippen molar-refractivity contribution in [2.24, 2.45) is 0 Å². The highest BCUT2D eigenvalue weighted by Crippen LogP contribution is 2.41. The molecule has 0 bridgehead atoms. The second-order valence-corrected chi connectivity index (χ2v) is 7.16. The maximum atomic E-state index is 12.6. The van der Waals surface area contributed by atoms with Gasteiger partial charge < -0.3 is 5.32 Å². The molecule has 2 aliphatic rings. The summed E-state index contributed by atoms with van der Waals surface area (Å²) in [5.41, 5.74) is 4.06. The molecule has 6 nitrogen and oxygen atoms in total. The first-order valence-corrected chi connectivity index (χ1v) is 9.25. The van der Waals surface area contributed by atoms with E-state index in [2.05, 4.69) is 21.7 Å². The molecule has 1 aliphatic heterocycles. The number of amides is 1. The van der Waals surface area contributed by atoms with Crippen LogP contribution in [-0.2, 0) is 13.0 Å². The minimum absolute atomic E-state index is 0.0103. The Morgan fingerprint density at radius 3 is 2.88 bits per heavy atom. The van der Waals surface area contributed by atoms with Gasteiger partial charge in [0.2, 0.25) is 0 Å². The molecule has 5 rings (SSSR count). The first kappa shape index (κ1) is 15.4. The number of aryl methyl sites for hydroxylation is 1. The van der Waals surface area contributed by atoms with Crippen molar-refractivity contribution >= 4 is 5.91 Å². The van der Waals surface area contributed by atoms with Crippen molar-refractivity contribution in [1.29, 1.82) is 0 Å². The number of hydrogen-bond donors (Lipinski definition) is 1. The zero-order chi connectivity index (χ0) is 17.5. The van der Waals surface area contributed by atoms with E-state index in [1.807, 2.05) is 45.9 Å². The second kappa shape index (κ2) is 6.12. The molecule has 1 aliphatic carbocycles. The molecule has 132 valence electrons. The summed E-state index contributed by atoms with van der Waals surface area (Å²) in [6.45, 7) is 0.924. The number of nitrogens with zero attached hydrogens (tertiary/aromatic N) is 4. The summed E-state index contributed by atoms with van der Waals surface area (Å²) in [6, 6.07) is 10.3. The van der Waals surface area contributed by atoms with Crippen LogP contribution in [0.25, 0.3) is 5.69 Å². The van der Waals surface area contributed by atoms with Gasteiger partial charge in [0.25, 0.3) is 5.91 Å². The molecule has 1 aromatic carbocycles. The van der Waals surface area contributed by atoms with Crippen molar-refractivity contribution in [3.8, 4) is 5.69 Å². The summed E-state index contributed by atoms with van der Waals surface area (Å²) in [4.78, 5) is 12.6. The first-order valence-electron chi connectivity index (χ1n) is 9.25. The van der Waals surface area contributed by atoms with Gasteiger partial charge in [0, 0.05) is 24.7 Å². The molecule has 0 unspecified atom stereocenters. The smallest absolute Gasteiger partial charge is 0.254 e. The molecular formula is C20H21N5O. The molecule has 0 spiro atoms. The molecule has 1 amide bonds. The predicted octanol–water partition coefficient (Wildman–Crippen LogP) is 2.69. The van der Waals surface area contributed by atoms with E-state index in [1.165, 1.54) is 5.56 Å². The fraction of sp³-hybridized carbons (Fsp3) is 0.350. The van der Waals surface area contributed by atoms with Crippen LogP contribution < -0.4 is 5.32 Å². The summed E-state index contributed by atoms with van der Waals surface area (Å²) in [5.74, 6) is 0.360. The van der Waals surface area contributed by atoms with E-state index in [4.69, 9.17) is 0 Å². The largest absolute Gasteiger partial charge is 0.349 e. The first-order chi connectivity index (χ1) is 12.8. The Morgan fingerprint density at radius 1 is 1.12 bits per heavy atom. The zero-order valence-corrected chi connectivity index (χ0v) is 14.5. The Kier molecular flexibility index (Phi) is 3.62. The third-order valence-electron chi connectivity index (χ3n) is 5.39. The lowest BCUT2D eigenvalue weighted by Gasteiger charge is -2.14. The number of hydrogen-bond acceptors (Lipinski definition) is 3. The van der Waals surface area contributed by atoms with Gasteiger partial charge >= 0.3 is 0 Å². The molecule has 6 heteroatoms. The van der Waals surface area contributed by atoms with Crippen molar-refractivity contribution in [3.63, 3.8) is 0 Å². The van der Waals surface area contributed by atoms with Crippen LogP contribution in [0.15, 0.2) is 48.9 Å². The van der Waals surface area contributed by atoms with Gasteiger partial charge in [-0.15, -0.1) is 0 Å². The lowest BCUT2D eigenvalue weighted by atomic mass is 10.1. The van der Waals surface area contributed by atoms with Crippen LogP contribution >= 0.6 is 0 Å². The van der Waals surface area contributed by atoms with Crippen LogP contribution in [-0.4, -0.2) is 31.5 Å². The summed E-state index contributed by atoms with van der Waals surface area (Å²) in [7, 11) is 0. The molecule has 26 heavy (non-hydrogen) atoms. The SMILES string of the molecule is O=C(N[C@@H]1C[C@H]1c1cnn(-c2ccccc2)c1)c1cnn2c1CCCC2. The molecule has 2 aromatic heterocycles. The Labute approximate surface area is 151 Å². The summed E-state index contributed by atoms with van der Waals surface area (Å²) < 4.78 is 3.87. The van der Waals surface area contributed by atoms with E-state index in [0.717, 1.165) is 49.2 Å². The molecule has 1 N–H and O–H groups in total. The number of fused-ring (bicyclic) bond motifs is 1. The van der Waals surface area contributed by atoms with E-state index >= 15 is 0 Å². The maximum Gasteiger partial charge on any atom is 0.254 e. The second-order valence-electron chi connectivity index (χ2n) is 7.16. The minimum atomic E-state index is 0.0103.